The van der Waals surface area contributed by atoms with E-state index in [4.69, 9.17) is 0 Å². The largest absolute Gasteiger partial charge is 0.388 e. The zero-order valence-electron chi connectivity index (χ0n) is 16.7. The minimum absolute atomic E-state index is 0.0908. The molecule has 0 radical (unpaired) electrons. The van der Waals surface area contributed by atoms with Gasteiger partial charge in [-0.1, -0.05) is 0 Å². The van der Waals surface area contributed by atoms with Gasteiger partial charge >= 0.3 is 0 Å². The molecule has 8 nitrogen and oxygen atoms in total. The highest BCUT2D eigenvalue weighted by Gasteiger charge is 2.34. The van der Waals surface area contributed by atoms with Crippen LogP contribution in [-0.2, 0) is 4.79 Å². The molecule has 0 spiro atoms. The van der Waals surface area contributed by atoms with Crippen LogP contribution in [0.5, 0.6) is 0 Å². The molecule has 154 valence electrons. The first-order valence-electron chi connectivity index (χ1n) is 9.97. The van der Waals surface area contributed by atoms with E-state index in [0.717, 1.165) is 18.8 Å². The van der Waals surface area contributed by atoms with Crippen molar-refractivity contribution in [1.29, 1.82) is 0 Å². The average Bonchev–Trinajstić information content (AvgIpc) is 2.83. The lowest BCUT2D eigenvalue weighted by Crippen LogP contribution is -2.53. The van der Waals surface area contributed by atoms with Crippen molar-refractivity contribution in [3.8, 4) is 0 Å². The number of aromatic nitrogens is 1. The van der Waals surface area contributed by atoms with E-state index in [1.165, 1.54) is 0 Å². The molecular weight excluding hydrogens is 360 g/mol. The van der Waals surface area contributed by atoms with Gasteiger partial charge in [-0.25, -0.2) is 0 Å². The number of likely N-dealkylation sites (tertiary alicyclic amines) is 1. The number of piperazine rings is 1. The van der Waals surface area contributed by atoms with Crippen LogP contribution in [0.3, 0.4) is 0 Å². The van der Waals surface area contributed by atoms with E-state index >= 15 is 0 Å². The third kappa shape index (κ3) is 4.80. The van der Waals surface area contributed by atoms with Gasteiger partial charge in [-0.05, 0) is 38.3 Å². The van der Waals surface area contributed by atoms with Crippen LogP contribution < -0.4 is 5.56 Å². The molecule has 3 heterocycles. The second kappa shape index (κ2) is 8.45. The maximum absolute atomic E-state index is 12.8. The number of carbonyl (C=O) groups is 2. The van der Waals surface area contributed by atoms with Gasteiger partial charge in [0, 0.05) is 58.4 Å². The summed E-state index contributed by atoms with van der Waals surface area (Å²) in [5, 5.41) is 11.1. The summed E-state index contributed by atoms with van der Waals surface area (Å²) < 4.78 is 0. The molecule has 0 aliphatic carbocycles. The Kier molecular flexibility index (Phi) is 6.20. The summed E-state index contributed by atoms with van der Waals surface area (Å²) in [5.41, 5.74) is -0.353. The Balaban J connectivity index is 1.58. The smallest absolute Gasteiger partial charge is 0.260 e. The molecule has 3 rings (SSSR count). The van der Waals surface area contributed by atoms with E-state index in [2.05, 4.69) is 9.88 Å². The van der Waals surface area contributed by atoms with Crippen LogP contribution in [-0.4, -0.2) is 88.0 Å². The van der Waals surface area contributed by atoms with Crippen LogP contribution in [0, 0.1) is 6.92 Å². The number of nitrogens with one attached hydrogen (secondary N) is 1. The molecule has 2 amide bonds. The number of hydrogen-bond acceptors (Lipinski definition) is 5. The first-order valence-corrected chi connectivity index (χ1v) is 9.97. The molecular formula is C20H30N4O4. The highest BCUT2D eigenvalue weighted by Crippen LogP contribution is 2.25. The summed E-state index contributed by atoms with van der Waals surface area (Å²) in [6, 6.07) is 3.30. The zero-order chi connectivity index (χ0) is 20.3. The fourth-order valence-corrected chi connectivity index (χ4v) is 4.09. The molecule has 0 bridgehead atoms. The highest BCUT2D eigenvalue weighted by atomic mass is 16.3. The van der Waals surface area contributed by atoms with Crippen LogP contribution in [0.4, 0.5) is 0 Å². The standard InChI is InChI=1S/C20H30N4O4/c1-15-4-5-17(18(26)21-15)19(27)24-8-3-6-20(28,7-9-24)14-22-10-12-23(13-11-22)16(2)25/h4-5,28H,3,6-14H2,1-2H3,(H,21,26). The summed E-state index contributed by atoms with van der Waals surface area (Å²) >= 11 is 0. The third-order valence-electron chi connectivity index (χ3n) is 5.83. The maximum Gasteiger partial charge on any atom is 0.260 e. The van der Waals surface area contributed by atoms with Crippen molar-refractivity contribution in [2.75, 3.05) is 45.8 Å². The second-order valence-corrected chi connectivity index (χ2v) is 8.04. The number of nitrogens with zero attached hydrogens (tertiary/aromatic N) is 3. The quantitative estimate of drug-likeness (QED) is 0.769. The molecule has 2 N–H and O–H groups in total. The first kappa shape index (κ1) is 20.5. The minimum atomic E-state index is -0.854. The molecule has 0 aromatic carbocycles. The lowest BCUT2D eigenvalue weighted by Gasteiger charge is -2.39. The normalized spacial score (nSPS) is 24.1. The van der Waals surface area contributed by atoms with Crippen molar-refractivity contribution in [3.63, 3.8) is 0 Å². The Morgan fingerprint density at radius 1 is 1.07 bits per heavy atom. The number of aliphatic hydroxyl groups is 1. The zero-order valence-corrected chi connectivity index (χ0v) is 16.7. The lowest BCUT2D eigenvalue weighted by molar-refractivity contribution is -0.131. The summed E-state index contributed by atoms with van der Waals surface area (Å²) in [6.07, 6.45) is 1.79. The van der Waals surface area contributed by atoms with Crippen molar-refractivity contribution in [1.82, 2.24) is 19.7 Å². The van der Waals surface area contributed by atoms with E-state index in [1.807, 2.05) is 4.90 Å². The van der Waals surface area contributed by atoms with Gasteiger partial charge in [0.25, 0.3) is 11.5 Å². The maximum atomic E-state index is 12.8. The van der Waals surface area contributed by atoms with Gasteiger partial charge in [0.05, 0.1) is 5.60 Å². The second-order valence-electron chi connectivity index (χ2n) is 8.04. The van der Waals surface area contributed by atoms with Gasteiger partial charge in [-0.3, -0.25) is 19.3 Å². The molecule has 1 atom stereocenters. The fourth-order valence-electron chi connectivity index (χ4n) is 4.09. The van der Waals surface area contributed by atoms with Crippen LogP contribution >= 0.6 is 0 Å². The van der Waals surface area contributed by atoms with E-state index in [9.17, 15) is 19.5 Å². The van der Waals surface area contributed by atoms with Gasteiger partial charge in [0.2, 0.25) is 5.91 Å². The lowest BCUT2D eigenvalue weighted by atomic mass is 9.94. The molecule has 2 aliphatic heterocycles. The van der Waals surface area contributed by atoms with E-state index in [1.54, 1.807) is 30.9 Å². The van der Waals surface area contributed by atoms with Crippen LogP contribution in [0.25, 0.3) is 0 Å². The third-order valence-corrected chi connectivity index (χ3v) is 5.83. The Morgan fingerprint density at radius 2 is 1.79 bits per heavy atom. The Hall–Kier alpha value is -2.19. The Morgan fingerprint density at radius 3 is 2.43 bits per heavy atom. The topological polar surface area (TPSA) is 96.9 Å². The Labute approximate surface area is 165 Å². The predicted octanol–water partition coefficient (Wildman–Crippen LogP) is 0.205. The van der Waals surface area contributed by atoms with Gasteiger partial charge in [0.15, 0.2) is 0 Å². The number of pyridine rings is 1. The van der Waals surface area contributed by atoms with Crippen LogP contribution in [0.1, 0.15) is 42.2 Å². The van der Waals surface area contributed by atoms with Crippen molar-refractivity contribution in [2.45, 2.75) is 38.7 Å². The number of carbonyl (C=O) groups excluding carboxylic acids is 2. The van der Waals surface area contributed by atoms with Crippen LogP contribution in [0.2, 0.25) is 0 Å². The minimum Gasteiger partial charge on any atom is -0.388 e. The summed E-state index contributed by atoms with van der Waals surface area (Å²) in [4.78, 5) is 44.7. The van der Waals surface area contributed by atoms with Gasteiger partial charge in [-0.2, -0.15) is 0 Å². The van der Waals surface area contributed by atoms with Crippen molar-refractivity contribution in [2.24, 2.45) is 0 Å². The number of H-pyrrole nitrogens is 1. The van der Waals surface area contributed by atoms with Crippen molar-refractivity contribution in [3.05, 3.63) is 33.7 Å². The van der Waals surface area contributed by atoms with Crippen molar-refractivity contribution >= 4 is 11.8 Å². The molecule has 1 aromatic heterocycles. The first-order chi connectivity index (χ1) is 13.3. The molecule has 1 unspecified atom stereocenters. The Bertz CT molecular complexity index is 785. The van der Waals surface area contributed by atoms with Gasteiger partial charge < -0.3 is 19.9 Å². The highest BCUT2D eigenvalue weighted by molar-refractivity contribution is 5.93. The summed E-state index contributed by atoms with van der Waals surface area (Å²) in [5.74, 6) is -0.186. The predicted molar refractivity (Wildman–Crippen MR) is 105 cm³/mol. The van der Waals surface area contributed by atoms with Gasteiger partial charge in [0.1, 0.15) is 5.56 Å². The summed E-state index contributed by atoms with van der Waals surface area (Å²) in [6.45, 7) is 7.75. The number of aryl methyl sites for hydroxylation is 1. The molecule has 1 aromatic rings. The van der Waals surface area contributed by atoms with E-state index in [0.29, 0.717) is 52.0 Å². The molecule has 2 aliphatic rings. The number of rotatable bonds is 3. The van der Waals surface area contributed by atoms with Gasteiger partial charge in [-0.15, -0.1) is 0 Å². The number of hydrogen-bond donors (Lipinski definition) is 2. The average molecular weight is 390 g/mol. The fraction of sp³-hybridized carbons (Fsp3) is 0.650. The molecule has 8 heteroatoms. The molecule has 2 saturated heterocycles. The number of amides is 2. The monoisotopic (exact) mass is 390 g/mol. The van der Waals surface area contributed by atoms with E-state index < -0.39 is 5.60 Å². The molecule has 2 fully saturated rings. The molecule has 0 saturated carbocycles. The van der Waals surface area contributed by atoms with Crippen molar-refractivity contribution < 1.29 is 14.7 Å². The number of aromatic amines is 1. The van der Waals surface area contributed by atoms with Crippen LogP contribution in [0.15, 0.2) is 16.9 Å². The molecule has 28 heavy (non-hydrogen) atoms. The number of β-amino-alcohol motifs (C(OH)–C–C–N with tert-alkyl or cyclic N) is 1. The summed E-state index contributed by atoms with van der Waals surface area (Å²) in [7, 11) is 0. The SMILES string of the molecule is CC(=O)N1CCN(CC2(O)CCCN(C(=O)c3ccc(C)[nH]c3=O)CC2)CC1. The van der Waals surface area contributed by atoms with E-state index in [-0.39, 0.29) is 22.9 Å².